The van der Waals surface area contributed by atoms with Crippen LogP contribution in [0.1, 0.15) is 24.2 Å². The number of fused-ring (bicyclic) bond motifs is 1. The summed E-state index contributed by atoms with van der Waals surface area (Å²) >= 11 is 0. The highest BCUT2D eigenvalue weighted by Gasteiger charge is 2.41. The lowest BCUT2D eigenvalue weighted by molar-refractivity contribution is 0.211. The number of hydrogen-bond acceptors (Lipinski definition) is 2. The smallest absolute Gasteiger partial charge is 0.106 e. The summed E-state index contributed by atoms with van der Waals surface area (Å²) in [6.07, 6.45) is 3.29. The molecule has 3 nitrogen and oxygen atoms in total. The molecule has 0 unspecified atom stereocenters. The fourth-order valence-electron chi connectivity index (χ4n) is 2.48. The van der Waals surface area contributed by atoms with Crippen molar-refractivity contribution in [2.75, 3.05) is 6.61 Å². The number of hydrogen-bond donors (Lipinski definition) is 1. The zero-order valence-electron chi connectivity index (χ0n) is 10.4. The van der Waals surface area contributed by atoms with Crippen LogP contribution in [0, 0.1) is 12.3 Å². The number of aryl methyl sites for hydroxylation is 2. The van der Waals surface area contributed by atoms with Crippen molar-refractivity contribution in [1.82, 2.24) is 9.55 Å². The summed E-state index contributed by atoms with van der Waals surface area (Å²) < 4.78 is 2.11. The third-order valence-corrected chi connectivity index (χ3v) is 4.04. The van der Waals surface area contributed by atoms with E-state index in [1.165, 1.54) is 11.1 Å². The number of imidazole rings is 1. The van der Waals surface area contributed by atoms with Crippen LogP contribution in [0.2, 0.25) is 0 Å². The van der Waals surface area contributed by atoms with Crippen LogP contribution in [0.15, 0.2) is 18.2 Å². The van der Waals surface area contributed by atoms with Crippen LogP contribution in [-0.4, -0.2) is 21.3 Å². The molecule has 2 aromatic rings. The highest BCUT2D eigenvalue weighted by molar-refractivity contribution is 5.76. The number of aromatic nitrogens is 2. The molecule has 1 aromatic heterocycles. The van der Waals surface area contributed by atoms with Gasteiger partial charge in [-0.2, -0.15) is 0 Å². The Kier molecular flexibility index (Phi) is 2.26. The third-order valence-electron chi connectivity index (χ3n) is 4.04. The molecule has 0 bridgehead atoms. The van der Waals surface area contributed by atoms with E-state index in [-0.39, 0.29) is 5.41 Å². The molecule has 1 N–H and O–H groups in total. The second kappa shape index (κ2) is 3.57. The molecular formula is C14H18N2O. The summed E-state index contributed by atoms with van der Waals surface area (Å²) in [4.78, 5) is 4.55. The van der Waals surface area contributed by atoms with E-state index in [2.05, 4.69) is 27.8 Å². The fraction of sp³-hybridized carbons (Fsp3) is 0.500. The van der Waals surface area contributed by atoms with Crippen LogP contribution in [0.3, 0.4) is 0 Å². The maximum absolute atomic E-state index is 9.36. The first-order valence-electron chi connectivity index (χ1n) is 6.16. The van der Waals surface area contributed by atoms with Crippen molar-refractivity contribution in [2.45, 2.75) is 26.2 Å². The second-order valence-corrected chi connectivity index (χ2v) is 5.38. The van der Waals surface area contributed by atoms with Crippen LogP contribution in [-0.2, 0) is 13.5 Å². The maximum Gasteiger partial charge on any atom is 0.106 e. The Morgan fingerprint density at radius 3 is 2.82 bits per heavy atom. The Bertz CT molecular complexity index is 567. The van der Waals surface area contributed by atoms with E-state index in [4.69, 9.17) is 0 Å². The van der Waals surface area contributed by atoms with Crippen LogP contribution < -0.4 is 0 Å². The molecule has 1 fully saturated rings. The van der Waals surface area contributed by atoms with Crippen LogP contribution in [0.4, 0.5) is 0 Å². The van der Waals surface area contributed by atoms with Crippen LogP contribution in [0.5, 0.6) is 0 Å². The minimum Gasteiger partial charge on any atom is -0.396 e. The van der Waals surface area contributed by atoms with Crippen molar-refractivity contribution < 1.29 is 5.11 Å². The monoisotopic (exact) mass is 230 g/mol. The average Bonchev–Trinajstić information content (AvgIpc) is 3.03. The number of aliphatic hydroxyl groups is 1. The molecule has 17 heavy (non-hydrogen) atoms. The summed E-state index contributed by atoms with van der Waals surface area (Å²) in [6.45, 7) is 2.34. The normalized spacial score (nSPS) is 17.6. The van der Waals surface area contributed by atoms with Gasteiger partial charge in [-0.3, -0.25) is 0 Å². The topological polar surface area (TPSA) is 38.1 Å². The number of benzene rings is 1. The van der Waals surface area contributed by atoms with E-state index in [1.54, 1.807) is 0 Å². The molecule has 3 heteroatoms. The Balaban J connectivity index is 1.97. The standard InChI is InChI=1S/C14H18N2O/c1-10-15-12-7-11(3-4-13(12)16(10)2)8-14(9-17)5-6-14/h3-4,7,17H,5-6,8-9H2,1-2H3. The molecule has 1 aromatic carbocycles. The van der Waals surface area contributed by atoms with Crippen LogP contribution in [0.25, 0.3) is 11.0 Å². The lowest BCUT2D eigenvalue weighted by Gasteiger charge is -2.11. The molecular weight excluding hydrogens is 212 g/mol. The summed E-state index contributed by atoms with van der Waals surface area (Å²) in [5, 5.41) is 9.36. The molecule has 0 spiro atoms. The summed E-state index contributed by atoms with van der Waals surface area (Å²) in [5.74, 6) is 1.04. The van der Waals surface area contributed by atoms with Gasteiger partial charge >= 0.3 is 0 Å². The van der Waals surface area contributed by atoms with Crippen molar-refractivity contribution in [3.8, 4) is 0 Å². The highest BCUT2D eigenvalue weighted by atomic mass is 16.3. The largest absolute Gasteiger partial charge is 0.396 e. The summed E-state index contributed by atoms with van der Waals surface area (Å²) in [6, 6.07) is 6.47. The zero-order chi connectivity index (χ0) is 12.0. The van der Waals surface area contributed by atoms with Gasteiger partial charge in [0.1, 0.15) is 5.82 Å². The van der Waals surface area contributed by atoms with Crippen LogP contribution >= 0.6 is 0 Å². The first-order chi connectivity index (χ1) is 8.13. The Morgan fingerprint density at radius 2 is 2.18 bits per heavy atom. The molecule has 1 heterocycles. The van der Waals surface area contributed by atoms with E-state index in [0.29, 0.717) is 6.61 Å². The predicted octanol–water partition coefficient (Wildman–Crippen LogP) is 2.20. The quantitative estimate of drug-likeness (QED) is 0.877. The lowest BCUT2D eigenvalue weighted by atomic mass is 9.97. The SMILES string of the molecule is Cc1nc2cc(CC3(CO)CC3)ccc2n1C. The molecule has 1 saturated carbocycles. The molecule has 0 amide bonds. The van der Waals surface area contributed by atoms with Crippen molar-refractivity contribution in [2.24, 2.45) is 12.5 Å². The van der Waals surface area contributed by atoms with Crippen molar-refractivity contribution in [1.29, 1.82) is 0 Å². The van der Waals surface area contributed by atoms with Gasteiger partial charge in [-0.1, -0.05) is 6.07 Å². The molecule has 1 aliphatic carbocycles. The summed E-state index contributed by atoms with van der Waals surface area (Å²) in [5.41, 5.74) is 3.72. The van der Waals surface area contributed by atoms with Gasteiger partial charge in [0, 0.05) is 13.7 Å². The molecule has 3 rings (SSSR count). The predicted molar refractivity (Wildman–Crippen MR) is 67.9 cm³/mol. The highest BCUT2D eigenvalue weighted by Crippen LogP contribution is 2.47. The zero-order valence-corrected chi connectivity index (χ0v) is 10.4. The van der Waals surface area contributed by atoms with E-state index in [1.807, 2.05) is 14.0 Å². The van der Waals surface area contributed by atoms with Gasteiger partial charge in [0.2, 0.25) is 0 Å². The Labute approximate surface area is 101 Å². The second-order valence-electron chi connectivity index (χ2n) is 5.38. The minimum absolute atomic E-state index is 0.178. The lowest BCUT2D eigenvalue weighted by Crippen LogP contribution is -2.09. The van der Waals surface area contributed by atoms with E-state index >= 15 is 0 Å². The fourth-order valence-corrected chi connectivity index (χ4v) is 2.48. The van der Waals surface area contributed by atoms with Gasteiger partial charge in [-0.15, -0.1) is 0 Å². The summed E-state index contributed by atoms with van der Waals surface area (Å²) in [7, 11) is 2.04. The third kappa shape index (κ3) is 1.75. The number of nitrogens with zero attached hydrogens (tertiary/aromatic N) is 2. The maximum atomic E-state index is 9.36. The molecule has 1 aliphatic rings. The average molecular weight is 230 g/mol. The Morgan fingerprint density at radius 1 is 1.41 bits per heavy atom. The minimum atomic E-state index is 0.178. The molecule has 0 atom stereocenters. The number of aliphatic hydroxyl groups excluding tert-OH is 1. The first kappa shape index (κ1) is 10.8. The van der Waals surface area contributed by atoms with Crippen molar-refractivity contribution >= 4 is 11.0 Å². The van der Waals surface area contributed by atoms with E-state index in [9.17, 15) is 5.11 Å². The molecule has 90 valence electrons. The number of rotatable bonds is 3. The van der Waals surface area contributed by atoms with Gasteiger partial charge in [-0.05, 0) is 49.3 Å². The van der Waals surface area contributed by atoms with E-state index < -0.39 is 0 Å². The van der Waals surface area contributed by atoms with Gasteiger partial charge in [0.15, 0.2) is 0 Å². The van der Waals surface area contributed by atoms with E-state index in [0.717, 1.165) is 30.6 Å². The van der Waals surface area contributed by atoms with Gasteiger partial charge in [0.05, 0.1) is 11.0 Å². The van der Waals surface area contributed by atoms with Gasteiger partial charge in [0.25, 0.3) is 0 Å². The van der Waals surface area contributed by atoms with Gasteiger partial charge < -0.3 is 9.67 Å². The van der Waals surface area contributed by atoms with Crippen molar-refractivity contribution in [3.05, 3.63) is 29.6 Å². The molecule has 0 saturated heterocycles. The Hall–Kier alpha value is -1.35. The first-order valence-corrected chi connectivity index (χ1v) is 6.16. The molecule has 0 radical (unpaired) electrons. The van der Waals surface area contributed by atoms with Crippen molar-refractivity contribution in [3.63, 3.8) is 0 Å². The van der Waals surface area contributed by atoms with Gasteiger partial charge in [-0.25, -0.2) is 4.98 Å². The molecule has 0 aliphatic heterocycles.